The maximum atomic E-state index is 4.01. The van der Waals surface area contributed by atoms with Crippen molar-refractivity contribution in [3.8, 4) is 0 Å². The van der Waals surface area contributed by atoms with Crippen LogP contribution in [0, 0.1) is 5.92 Å². The average molecular weight is 151 g/mol. The number of nitrogens with zero attached hydrogens (tertiary/aromatic N) is 1. The Morgan fingerprint density at radius 2 is 2.55 bits per heavy atom. The van der Waals surface area contributed by atoms with Crippen molar-refractivity contribution < 1.29 is 0 Å². The first-order valence-electron chi connectivity index (χ1n) is 4.02. The molecule has 2 rings (SSSR count). The first-order valence-corrected chi connectivity index (χ1v) is 4.02. The molecule has 60 valence electrons. The molecule has 2 N–H and O–H groups in total. The predicted molar refractivity (Wildman–Crippen MR) is 43.3 cm³/mol. The normalized spacial score (nSPS) is 28.9. The van der Waals surface area contributed by atoms with E-state index in [0.717, 1.165) is 6.42 Å². The molecule has 1 aromatic rings. The summed E-state index contributed by atoms with van der Waals surface area (Å²) in [6.07, 6.45) is 3.06. The zero-order valence-electron chi connectivity index (χ0n) is 6.89. The predicted octanol–water partition coefficient (Wildman–Crippen LogP) is 0.862. The molecule has 0 saturated heterocycles. The number of aromatic nitrogens is 2. The van der Waals surface area contributed by atoms with E-state index >= 15 is 0 Å². The Kier molecular flexibility index (Phi) is 1.46. The lowest BCUT2D eigenvalue weighted by molar-refractivity contribution is 0.443. The Morgan fingerprint density at radius 3 is 3.27 bits per heavy atom. The first-order chi connectivity index (χ1) is 5.33. The van der Waals surface area contributed by atoms with Crippen molar-refractivity contribution in [1.82, 2.24) is 15.5 Å². The van der Waals surface area contributed by atoms with Crippen molar-refractivity contribution in [1.29, 1.82) is 0 Å². The number of hydrogen-bond acceptors (Lipinski definition) is 2. The van der Waals surface area contributed by atoms with Crippen LogP contribution < -0.4 is 5.32 Å². The lowest BCUT2D eigenvalue weighted by atomic mass is 10.0. The molecule has 0 aliphatic heterocycles. The number of H-pyrrole nitrogens is 1. The van der Waals surface area contributed by atoms with Crippen LogP contribution in [0.25, 0.3) is 0 Å². The molecule has 3 nitrogen and oxygen atoms in total. The first kappa shape index (κ1) is 6.85. The van der Waals surface area contributed by atoms with E-state index in [1.165, 1.54) is 11.3 Å². The fraction of sp³-hybridized carbons (Fsp3) is 0.625. The second-order valence-electron chi connectivity index (χ2n) is 3.25. The highest BCUT2D eigenvalue weighted by Crippen LogP contribution is 2.33. The van der Waals surface area contributed by atoms with Crippen LogP contribution in [0.5, 0.6) is 0 Å². The van der Waals surface area contributed by atoms with E-state index in [2.05, 4.69) is 22.4 Å². The van der Waals surface area contributed by atoms with Crippen molar-refractivity contribution in [2.45, 2.75) is 19.4 Å². The fourth-order valence-electron chi connectivity index (χ4n) is 1.94. The third-order valence-corrected chi connectivity index (χ3v) is 2.49. The Morgan fingerprint density at radius 1 is 1.73 bits per heavy atom. The molecule has 1 heterocycles. The molecule has 0 aromatic carbocycles. The van der Waals surface area contributed by atoms with Gasteiger partial charge in [0.1, 0.15) is 0 Å². The van der Waals surface area contributed by atoms with Gasteiger partial charge in [-0.2, -0.15) is 5.10 Å². The van der Waals surface area contributed by atoms with Crippen LogP contribution in [0.1, 0.15) is 24.2 Å². The molecule has 0 saturated carbocycles. The molecule has 0 amide bonds. The minimum Gasteiger partial charge on any atom is -0.313 e. The van der Waals surface area contributed by atoms with Gasteiger partial charge < -0.3 is 5.32 Å². The minimum absolute atomic E-state index is 0.503. The maximum absolute atomic E-state index is 4.01. The van der Waals surface area contributed by atoms with Gasteiger partial charge in [-0.3, -0.25) is 5.10 Å². The summed E-state index contributed by atoms with van der Waals surface area (Å²) in [5, 5.41) is 10.3. The summed E-state index contributed by atoms with van der Waals surface area (Å²) in [4.78, 5) is 0. The molecule has 2 atom stereocenters. The second-order valence-corrected chi connectivity index (χ2v) is 3.25. The zero-order valence-corrected chi connectivity index (χ0v) is 6.89. The second kappa shape index (κ2) is 2.34. The molecular weight excluding hydrogens is 138 g/mol. The van der Waals surface area contributed by atoms with Gasteiger partial charge in [-0.05, 0) is 19.4 Å². The van der Waals surface area contributed by atoms with E-state index in [9.17, 15) is 0 Å². The van der Waals surface area contributed by atoms with Gasteiger partial charge in [0.15, 0.2) is 0 Å². The van der Waals surface area contributed by atoms with Crippen molar-refractivity contribution >= 4 is 0 Å². The number of nitrogens with one attached hydrogen (secondary N) is 2. The van der Waals surface area contributed by atoms with Gasteiger partial charge in [-0.25, -0.2) is 0 Å². The Hall–Kier alpha value is -0.830. The molecule has 1 aliphatic carbocycles. The summed E-state index contributed by atoms with van der Waals surface area (Å²) in [6.45, 7) is 2.26. The van der Waals surface area contributed by atoms with Crippen molar-refractivity contribution in [3.05, 3.63) is 17.5 Å². The average Bonchev–Trinajstić information content (AvgIpc) is 2.46. The monoisotopic (exact) mass is 151 g/mol. The molecule has 0 radical (unpaired) electrons. The molecule has 0 fully saturated rings. The van der Waals surface area contributed by atoms with E-state index < -0.39 is 0 Å². The summed E-state index contributed by atoms with van der Waals surface area (Å²) in [5.41, 5.74) is 2.65. The molecule has 2 unspecified atom stereocenters. The van der Waals surface area contributed by atoms with E-state index in [1.54, 1.807) is 0 Å². The smallest absolute Gasteiger partial charge is 0.0538 e. The Balaban J connectivity index is 2.35. The van der Waals surface area contributed by atoms with E-state index in [4.69, 9.17) is 0 Å². The highest BCUT2D eigenvalue weighted by molar-refractivity contribution is 5.27. The van der Waals surface area contributed by atoms with Crippen LogP contribution in [0.15, 0.2) is 6.20 Å². The zero-order chi connectivity index (χ0) is 7.84. The summed E-state index contributed by atoms with van der Waals surface area (Å²) in [5.74, 6) is 0.698. The molecule has 11 heavy (non-hydrogen) atoms. The summed E-state index contributed by atoms with van der Waals surface area (Å²) in [6, 6.07) is 0.503. The van der Waals surface area contributed by atoms with Crippen LogP contribution in [0.4, 0.5) is 0 Å². The maximum Gasteiger partial charge on any atom is 0.0538 e. The van der Waals surface area contributed by atoms with Crippen molar-refractivity contribution in [2.24, 2.45) is 5.92 Å². The van der Waals surface area contributed by atoms with Gasteiger partial charge in [-0.15, -0.1) is 0 Å². The topological polar surface area (TPSA) is 40.7 Å². The van der Waals surface area contributed by atoms with Gasteiger partial charge in [-0.1, -0.05) is 6.92 Å². The van der Waals surface area contributed by atoms with Gasteiger partial charge in [0.2, 0.25) is 0 Å². The molecule has 3 heteroatoms. The summed E-state index contributed by atoms with van der Waals surface area (Å²) >= 11 is 0. The number of aromatic amines is 1. The third kappa shape index (κ3) is 0.878. The van der Waals surface area contributed by atoms with Crippen molar-refractivity contribution in [2.75, 3.05) is 7.05 Å². The fourth-order valence-corrected chi connectivity index (χ4v) is 1.94. The standard InChI is InChI=1S/C8H13N3/c1-5-3-7-6(4-10-11-7)8(5)9-2/h4-5,8-9H,3H2,1-2H3,(H,10,11). The lowest BCUT2D eigenvalue weighted by Gasteiger charge is -2.13. The minimum atomic E-state index is 0.503. The van der Waals surface area contributed by atoms with Gasteiger partial charge in [0.25, 0.3) is 0 Å². The van der Waals surface area contributed by atoms with Crippen molar-refractivity contribution in [3.63, 3.8) is 0 Å². The quantitative estimate of drug-likeness (QED) is 0.625. The molecular formula is C8H13N3. The Bertz CT molecular complexity index is 254. The number of hydrogen-bond donors (Lipinski definition) is 2. The third-order valence-electron chi connectivity index (χ3n) is 2.49. The SMILES string of the molecule is CNC1c2cn[nH]c2CC1C. The van der Waals surface area contributed by atoms with E-state index in [0.29, 0.717) is 12.0 Å². The van der Waals surface area contributed by atoms with E-state index in [1.807, 2.05) is 13.2 Å². The lowest BCUT2D eigenvalue weighted by Crippen LogP contribution is -2.19. The summed E-state index contributed by atoms with van der Waals surface area (Å²) < 4.78 is 0. The van der Waals surface area contributed by atoms with E-state index in [-0.39, 0.29) is 0 Å². The number of rotatable bonds is 1. The van der Waals surface area contributed by atoms with Crippen LogP contribution in [0.2, 0.25) is 0 Å². The largest absolute Gasteiger partial charge is 0.313 e. The van der Waals surface area contributed by atoms with Gasteiger partial charge >= 0.3 is 0 Å². The van der Waals surface area contributed by atoms with Crippen LogP contribution >= 0.6 is 0 Å². The highest BCUT2D eigenvalue weighted by atomic mass is 15.1. The molecule has 1 aliphatic rings. The molecule has 1 aromatic heterocycles. The molecule has 0 spiro atoms. The Labute approximate surface area is 66.2 Å². The van der Waals surface area contributed by atoms with Crippen LogP contribution in [-0.2, 0) is 6.42 Å². The van der Waals surface area contributed by atoms with Gasteiger partial charge in [0.05, 0.1) is 6.20 Å². The van der Waals surface area contributed by atoms with Crippen LogP contribution in [0.3, 0.4) is 0 Å². The molecule has 0 bridgehead atoms. The number of fused-ring (bicyclic) bond motifs is 1. The van der Waals surface area contributed by atoms with Crippen LogP contribution in [-0.4, -0.2) is 17.2 Å². The highest BCUT2D eigenvalue weighted by Gasteiger charge is 2.29. The van der Waals surface area contributed by atoms with Gasteiger partial charge in [0, 0.05) is 17.3 Å². The summed E-state index contributed by atoms with van der Waals surface area (Å²) in [7, 11) is 2.00.